The Morgan fingerprint density at radius 1 is 1.31 bits per heavy atom. The smallest absolute Gasteiger partial charge is 0.262 e. The summed E-state index contributed by atoms with van der Waals surface area (Å²) in [5.41, 5.74) is 0.297. The second-order valence-corrected chi connectivity index (χ2v) is 3.05. The van der Waals surface area contributed by atoms with Gasteiger partial charge in [0.2, 0.25) is 5.78 Å². The lowest BCUT2D eigenvalue weighted by molar-refractivity contribution is 0.104. The number of hydrogen-bond acceptors (Lipinski definition) is 5. The monoisotopic (exact) mass is 220 g/mol. The van der Waals surface area contributed by atoms with Crippen molar-refractivity contribution in [1.29, 1.82) is 10.8 Å². The Kier molecular flexibility index (Phi) is 3.77. The lowest BCUT2D eigenvalue weighted by Crippen LogP contribution is -2.18. The van der Waals surface area contributed by atoms with E-state index in [9.17, 15) is 4.79 Å². The van der Waals surface area contributed by atoms with Crippen molar-refractivity contribution < 1.29 is 14.3 Å². The molecule has 0 aliphatic heterocycles. The molecule has 0 aliphatic carbocycles. The van der Waals surface area contributed by atoms with Crippen molar-refractivity contribution in [2.24, 2.45) is 0 Å². The zero-order valence-electron chi connectivity index (χ0n) is 9.03. The Balaban J connectivity index is 2.87. The molecule has 0 spiro atoms. The number of Topliss-reactive ketones (excluding diaryl/α,β-unsaturated/α-hetero) is 1. The van der Waals surface area contributed by atoms with Crippen LogP contribution >= 0.6 is 0 Å². The van der Waals surface area contributed by atoms with Crippen molar-refractivity contribution in [3.8, 4) is 5.75 Å². The van der Waals surface area contributed by atoms with Crippen molar-refractivity contribution >= 4 is 17.6 Å². The van der Waals surface area contributed by atoms with Gasteiger partial charge < -0.3 is 9.47 Å². The summed E-state index contributed by atoms with van der Waals surface area (Å²) in [5, 5.41) is 14.4. The topological polar surface area (TPSA) is 83.2 Å². The number of benzene rings is 1. The highest BCUT2D eigenvalue weighted by Gasteiger charge is 2.15. The van der Waals surface area contributed by atoms with E-state index < -0.39 is 11.7 Å². The van der Waals surface area contributed by atoms with Crippen LogP contribution in [0.4, 0.5) is 0 Å². The fourth-order valence-electron chi connectivity index (χ4n) is 1.09. The summed E-state index contributed by atoms with van der Waals surface area (Å²) in [6, 6.07) is 6.42. The summed E-state index contributed by atoms with van der Waals surface area (Å²) >= 11 is 0. The molecule has 0 unspecified atom stereocenters. The molecule has 0 aliphatic rings. The van der Waals surface area contributed by atoms with E-state index in [-0.39, 0.29) is 5.90 Å². The molecule has 0 saturated carbocycles. The molecule has 0 aromatic heterocycles. The van der Waals surface area contributed by atoms with Crippen molar-refractivity contribution in [2.45, 2.75) is 6.92 Å². The summed E-state index contributed by atoms with van der Waals surface area (Å²) in [6.45, 7) is 1.35. The summed E-state index contributed by atoms with van der Waals surface area (Å²) in [6.07, 6.45) is 0. The van der Waals surface area contributed by atoms with Gasteiger partial charge in [-0.25, -0.2) is 0 Å². The Bertz CT molecular complexity index is 441. The molecular formula is C11H12N2O3. The molecule has 0 atom stereocenters. The van der Waals surface area contributed by atoms with E-state index in [2.05, 4.69) is 4.74 Å². The van der Waals surface area contributed by atoms with Crippen LogP contribution in [0, 0.1) is 10.8 Å². The molecule has 0 fully saturated rings. The van der Waals surface area contributed by atoms with E-state index in [1.54, 1.807) is 18.2 Å². The van der Waals surface area contributed by atoms with Gasteiger partial charge in [-0.3, -0.25) is 15.6 Å². The van der Waals surface area contributed by atoms with Gasteiger partial charge in [0.25, 0.3) is 5.90 Å². The molecule has 0 bridgehead atoms. The third-order valence-corrected chi connectivity index (χ3v) is 1.79. The molecule has 2 N–H and O–H groups in total. The van der Waals surface area contributed by atoms with Gasteiger partial charge >= 0.3 is 0 Å². The van der Waals surface area contributed by atoms with Gasteiger partial charge in [-0.2, -0.15) is 0 Å². The highest BCUT2D eigenvalue weighted by Crippen LogP contribution is 2.13. The van der Waals surface area contributed by atoms with Crippen LogP contribution in [-0.4, -0.2) is 24.7 Å². The molecule has 0 heterocycles. The number of carbonyl (C=O) groups excluding carboxylic acids is 1. The van der Waals surface area contributed by atoms with E-state index >= 15 is 0 Å². The quantitative estimate of drug-likeness (QED) is 0.463. The third kappa shape index (κ3) is 2.91. The number of ketones is 1. The van der Waals surface area contributed by atoms with Gasteiger partial charge in [0.1, 0.15) is 5.75 Å². The van der Waals surface area contributed by atoms with Gasteiger partial charge in [-0.05, 0) is 12.1 Å². The fourth-order valence-corrected chi connectivity index (χ4v) is 1.09. The SMILES string of the molecule is COc1cccc(C(=O)C(=N)OC(C)=N)c1. The standard InChI is InChI=1S/C11H12N2O3/c1-7(12)16-11(13)10(14)8-4-3-5-9(6-8)15-2/h3-6,12-13H,1-2H3. The second kappa shape index (κ2) is 5.06. The number of nitrogens with one attached hydrogen (secondary N) is 2. The largest absolute Gasteiger partial charge is 0.497 e. The van der Waals surface area contributed by atoms with E-state index in [0.717, 1.165) is 0 Å². The molecule has 0 amide bonds. The highest BCUT2D eigenvalue weighted by molar-refractivity contribution is 6.43. The molecule has 0 saturated heterocycles. The molecule has 5 nitrogen and oxygen atoms in total. The first-order valence-electron chi connectivity index (χ1n) is 4.55. The van der Waals surface area contributed by atoms with Crippen LogP contribution in [0.1, 0.15) is 17.3 Å². The number of methoxy groups -OCH3 is 1. The van der Waals surface area contributed by atoms with Gasteiger partial charge in [0.05, 0.1) is 7.11 Å². The first kappa shape index (κ1) is 11.9. The Hall–Kier alpha value is -2.17. The van der Waals surface area contributed by atoms with E-state index in [0.29, 0.717) is 11.3 Å². The van der Waals surface area contributed by atoms with Crippen LogP contribution in [0.3, 0.4) is 0 Å². The van der Waals surface area contributed by atoms with E-state index in [4.69, 9.17) is 15.6 Å². The minimum atomic E-state index is -0.578. The summed E-state index contributed by atoms with van der Waals surface area (Å²) in [5.74, 6) is -0.808. The average Bonchev–Trinajstić information content (AvgIpc) is 2.27. The van der Waals surface area contributed by atoms with Gasteiger partial charge in [-0.1, -0.05) is 12.1 Å². The van der Waals surface area contributed by atoms with Crippen LogP contribution in [-0.2, 0) is 4.74 Å². The fraction of sp³-hybridized carbons (Fsp3) is 0.182. The Morgan fingerprint density at radius 3 is 2.56 bits per heavy atom. The predicted molar refractivity (Wildman–Crippen MR) is 59.5 cm³/mol. The first-order chi connectivity index (χ1) is 7.54. The first-order valence-corrected chi connectivity index (χ1v) is 4.55. The summed E-state index contributed by atoms with van der Waals surface area (Å²) in [4.78, 5) is 11.6. The Morgan fingerprint density at radius 2 is 2.00 bits per heavy atom. The molecule has 16 heavy (non-hydrogen) atoms. The van der Waals surface area contributed by atoms with Gasteiger partial charge in [0, 0.05) is 12.5 Å². The molecule has 1 aromatic carbocycles. The Labute approximate surface area is 93.0 Å². The van der Waals surface area contributed by atoms with Crippen LogP contribution in [0.15, 0.2) is 24.3 Å². The lowest BCUT2D eigenvalue weighted by atomic mass is 10.1. The molecular weight excluding hydrogens is 208 g/mol. The van der Waals surface area contributed by atoms with Gasteiger partial charge in [0.15, 0.2) is 5.90 Å². The van der Waals surface area contributed by atoms with Crippen LogP contribution < -0.4 is 4.74 Å². The maximum absolute atomic E-state index is 11.6. The van der Waals surface area contributed by atoms with Crippen molar-refractivity contribution in [3.05, 3.63) is 29.8 Å². The second-order valence-electron chi connectivity index (χ2n) is 3.05. The number of hydrogen-bond donors (Lipinski definition) is 2. The van der Waals surface area contributed by atoms with Crippen molar-refractivity contribution in [2.75, 3.05) is 7.11 Å². The molecule has 1 aromatic rings. The minimum Gasteiger partial charge on any atom is -0.497 e. The van der Waals surface area contributed by atoms with E-state index in [1.807, 2.05) is 0 Å². The van der Waals surface area contributed by atoms with E-state index in [1.165, 1.54) is 20.1 Å². The third-order valence-electron chi connectivity index (χ3n) is 1.79. The zero-order chi connectivity index (χ0) is 12.1. The average molecular weight is 220 g/mol. The minimum absolute atomic E-state index is 0.193. The maximum Gasteiger partial charge on any atom is 0.262 e. The summed E-state index contributed by atoms with van der Waals surface area (Å²) in [7, 11) is 1.49. The lowest BCUT2D eigenvalue weighted by Gasteiger charge is -2.05. The predicted octanol–water partition coefficient (Wildman–Crippen LogP) is 1.87. The summed E-state index contributed by atoms with van der Waals surface area (Å²) < 4.78 is 9.58. The van der Waals surface area contributed by atoms with Crippen molar-refractivity contribution in [1.82, 2.24) is 0 Å². The van der Waals surface area contributed by atoms with Crippen LogP contribution in [0.5, 0.6) is 5.75 Å². The van der Waals surface area contributed by atoms with Crippen molar-refractivity contribution in [3.63, 3.8) is 0 Å². The molecule has 84 valence electrons. The molecule has 5 heteroatoms. The highest BCUT2D eigenvalue weighted by atomic mass is 16.5. The normalized spacial score (nSPS) is 9.38. The number of carbonyl (C=O) groups is 1. The maximum atomic E-state index is 11.6. The van der Waals surface area contributed by atoms with Crippen LogP contribution in [0.25, 0.3) is 0 Å². The number of ether oxygens (including phenoxy) is 2. The molecule has 1 rings (SSSR count). The molecule has 0 radical (unpaired) electrons. The van der Waals surface area contributed by atoms with Crippen LogP contribution in [0.2, 0.25) is 0 Å². The zero-order valence-corrected chi connectivity index (χ0v) is 9.03. The van der Waals surface area contributed by atoms with Gasteiger partial charge in [-0.15, -0.1) is 0 Å². The number of rotatable bonds is 3.